The number of aromatic nitrogens is 6. The number of hydrogen-bond acceptors (Lipinski definition) is 8. The summed E-state index contributed by atoms with van der Waals surface area (Å²) < 4.78 is 14.1. The molecule has 30 heavy (non-hydrogen) atoms. The van der Waals surface area contributed by atoms with Crippen LogP contribution < -0.4 is 10.9 Å². The van der Waals surface area contributed by atoms with Crippen molar-refractivity contribution in [3.63, 3.8) is 0 Å². The van der Waals surface area contributed by atoms with Crippen molar-refractivity contribution < 1.29 is 9.47 Å². The molecule has 5 rings (SSSR count). The molecule has 3 aromatic rings. The van der Waals surface area contributed by atoms with Crippen molar-refractivity contribution in [1.82, 2.24) is 29.4 Å². The molecule has 2 aliphatic rings. The van der Waals surface area contributed by atoms with Gasteiger partial charge in [0.25, 0.3) is 11.3 Å². The van der Waals surface area contributed by atoms with E-state index in [9.17, 15) is 4.79 Å². The summed E-state index contributed by atoms with van der Waals surface area (Å²) in [5.41, 5.74) is 2.71. The van der Waals surface area contributed by atoms with Gasteiger partial charge in [-0.15, -0.1) is 0 Å². The van der Waals surface area contributed by atoms with Gasteiger partial charge in [0.2, 0.25) is 0 Å². The minimum absolute atomic E-state index is 0.0293. The summed E-state index contributed by atoms with van der Waals surface area (Å²) in [6, 6.07) is 4.07. The quantitative estimate of drug-likeness (QED) is 0.673. The smallest absolute Gasteiger partial charge is 0.267 e. The maximum Gasteiger partial charge on any atom is 0.267 e. The lowest BCUT2D eigenvalue weighted by Gasteiger charge is -2.30. The number of hydrogen-bond donors (Lipinski definition) is 1. The van der Waals surface area contributed by atoms with E-state index in [4.69, 9.17) is 9.47 Å². The number of nitrogens with one attached hydrogen (secondary N) is 1. The number of rotatable bonds is 5. The van der Waals surface area contributed by atoms with E-state index in [0.29, 0.717) is 25.6 Å². The van der Waals surface area contributed by atoms with E-state index in [1.807, 2.05) is 6.07 Å². The topological polar surface area (TPSA) is 108 Å². The van der Waals surface area contributed by atoms with E-state index >= 15 is 0 Å². The van der Waals surface area contributed by atoms with Crippen LogP contribution in [0.25, 0.3) is 5.78 Å². The Morgan fingerprint density at radius 2 is 2.13 bits per heavy atom. The zero-order valence-corrected chi connectivity index (χ0v) is 17.0. The van der Waals surface area contributed by atoms with Gasteiger partial charge in [0.05, 0.1) is 37.3 Å². The predicted octanol–water partition coefficient (Wildman–Crippen LogP) is 1.50. The zero-order chi connectivity index (χ0) is 20.5. The Bertz CT molecular complexity index is 1100. The van der Waals surface area contributed by atoms with Crippen LogP contribution in [0.4, 0.5) is 5.82 Å². The van der Waals surface area contributed by atoms with Crippen LogP contribution in [0, 0.1) is 0 Å². The van der Waals surface area contributed by atoms with Gasteiger partial charge in [0, 0.05) is 37.3 Å². The van der Waals surface area contributed by atoms with E-state index in [-0.39, 0.29) is 17.6 Å². The van der Waals surface area contributed by atoms with Gasteiger partial charge in [0.1, 0.15) is 12.1 Å². The summed E-state index contributed by atoms with van der Waals surface area (Å²) in [6.07, 6.45) is 5.95. The normalized spacial score (nSPS) is 21.5. The summed E-state index contributed by atoms with van der Waals surface area (Å²) in [5, 5.41) is 12.5. The predicted molar refractivity (Wildman–Crippen MR) is 108 cm³/mol. The maximum atomic E-state index is 12.6. The average molecular weight is 411 g/mol. The van der Waals surface area contributed by atoms with Crippen molar-refractivity contribution in [3.8, 4) is 0 Å². The second-order valence-corrected chi connectivity index (χ2v) is 7.89. The molecule has 0 aromatic carbocycles. The van der Waals surface area contributed by atoms with Gasteiger partial charge in [0.15, 0.2) is 0 Å². The van der Waals surface area contributed by atoms with Gasteiger partial charge in [-0.1, -0.05) is 0 Å². The molecule has 10 heteroatoms. The molecule has 1 N–H and O–H groups in total. The fourth-order valence-electron chi connectivity index (χ4n) is 4.35. The molecule has 0 bridgehead atoms. The monoisotopic (exact) mass is 411 g/mol. The molecule has 158 valence electrons. The van der Waals surface area contributed by atoms with Gasteiger partial charge in [-0.25, -0.2) is 9.67 Å². The molecule has 0 atom stereocenters. The Morgan fingerprint density at radius 1 is 1.27 bits per heavy atom. The Kier molecular flexibility index (Phi) is 5.17. The Balaban J connectivity index is 1.30. The number of anilines is 1. The lowest BCUT2D eigenvalue weighted by molar-refractivity contribution is 0.107. The number of ether oxygens (including phenoxy) is 2. The first-order valence-corrected chi connectivity index (χ1v) is 10.4. The molecule has 0 radical (unpaired) electrons. The standard InChI is InChI=1S/C20H25N7O3/c1-29-11-15-9-18(27-20(24-15)21-12-22-27)23-14-2-4-16(5-3-14)26-19(28)8-13-10-30-7-6-17(13)25-26/h8-9,12,14,16,23H,2-7,10-11H2,1H3. The van der Waals surface area contributed by atoms with Crippen molar-refractivity contribution in [2.75, 3.05) is 19.0 Å². The summed E-state index contributed by atoms with van der Waals surface area (Å²) in [7, 11) is 1.65. The van der Waals surface area contributed by atoms with Crippen LogP contribution in [0.15, 0.2) is 23.3 Å². The van der Waals surface area contributed by atoms with Crippen molar-refractivity contribution in [2.45, 2.75) is 57.4 Å². The minimum Gasteiger partial charge on any atom is -0.378 e. The lowest BCUT2D eigenvalue weighted by Crippen LogP contribution is -2.35. The molecule has 4 heterocycles. The summed E-state index contributed by atoms with van der Waals surface area (Å²) in [6.45, 7) is 1.58. The third-order valence-corrected chi connectivity index (χ3v) is 5.86. The van der Waals surface area contributed by atoms with Crippen LogP contribution in [0.1, 0.15) is 48.7 Å². The van der Waals surface area contributed by atoms with Crippen LogP contribution in [0.3, 0.4) is 0 Å². The van der Waals surface area contributed by atoms with Gasteiger partial charge in [-0.2, -0.15) is 19.7 Å². The van der Waals surface area contributed by atoms with Crippen molar-refractivity contribution in [3.05, 3.63) is 45.8 Å². The van der Waals surface area contributed by atoms with Gasteiger partial charge in [-0.05, 0) is 25.7 Å². The fourth-order valence-corrected chi connectivity index (χ4v) is 4.35. The minimum atomic E-state index is -0.0293. The van der Waals surface area contributed by atoms with Crippen molar-refractivity contribution >= 4 is 11.6 Å². The number of fused-ring (bicyclic) bond motifs is 2. The molecule has 1 aliphatic heterocycles. The SMILES string of the molecule is COCc1cc(NC2CCC(n3nc4c(cc3=O)COCC4)CC2)n2ncnc2n1. The van der Waals surface area contributed by atoms with Crippen LogP contribution >= 0.6 is 0 Å². The molecule has 0 amide bonds. The number of nitrogens with zero attached hydrogens (tertiary/aromatic N) is 6. The summed E-state index contributed by atoms with van der Waals surface area (Å²) >= 11 is 0. The van der Waals surface area contributed by atoms with E-state index < -0.39 is 0 Å². The molecular formula is C20H25N7O3. The van der Waals surface area contributed by atoms with E-state index in [2.05, 4.69) is 25.5 Å². The highest BCUT2D eigenvalue weighted by Gasteiger charge is 2.26. The maximum absolute atomic E-state index is 12.6. The highest BCUT2D eigenvalue weighted by molar-refractivity contribution is 5.45. The van der Waals surface area contributed by atoms with Crippen LogP contribution in [0.2, 0.25) is 0 Å². The highest BCUT2D eigenvalue weighted by atomic mass is 16.5. The fraction of sp³-hybridized carbons (Fsp3) is 0.550. The van der Waals surface area contributed by atoms with E-state index in [1.54, 1.807) is 22.4 Å². The largest absolute Gasteiger partial charge is 0.378 e. The molecule has 1 aliphatic carbocycles. The van der Waals surface area contributed by atoms with Gasteiger partial charge >= 0.3 is 0 Å². The Morgan fingerprint density at radius 3 is 2.97 bits per heavy atom. The van der Waals surface area contributed by atoms with Crippen LogP contribution in [0.5, 0.6) is 0 Å². The molecule has 10 nitrogen and oxygen atoms in total. The van der Waals surface area contributed by atoms with Crippen LogP contribution in [-0.4, -0.2) is 49.1 Å². The Labute approximate surface area is 173 Å². The molecule has 0 unspecified atom stereocenters. The molecule has 1 fully saturated rings. The van der Waals surface area contributed by atoms with Crippen molar-refractivity contribution in [1.29, 1.82) is 0 Å². The van der Waals surface area contributed by atoms with Gasteiger partial charge in [-0.3, -0.25) is 4.79 Å². The summed E-state index contributed by atoms with van der Waals surface area (Å²) in [4.78, 5) is 21.2. The molecule has 0 spiro atoms. The second-order valence-electron chi connectivity index (χ2n) is 7.89. The lowest BCUT2D eigenvalue weighted by atomic mass is 9.91. The molecular weight excluding hydrogens is 386 g/mol. The van der Waals surface area contributed by atoms with E-state index in [1.165, 1.54) is 6.33 Å². The molecule has 0 saturated heterocycles. The number of methoxy groups -OCH3 is 1. The third-order valence-electron chi connectivity index (χ3n) is 5.86. The zero-order valence-electron chi connectivity index (χ0n) is 17.0. The van der Waals surface area contributed by atoms with Crippen LogP contribution in [-0.2, 0) is 29.1 Å². The Hall–Kier alpha value is -2.85. The molecule has 1 saturated carbocycles. The first-order valence-electron chi connectivity index (χ1n) is 10.4. The van der Waals surface area contributed by atoms with E-state index in [0.717, 1.165) is 54.9 Å². The van der Waals surface area contributed by atoms with Gasteiger partial charge < -0.3 is 14.8 Å². The van der Waals surface area contributed by atoms with Crippen molar-refractivity contribution in [2.24, 2.45) is 0 Å². The third kappa shape index (κ3) is 3.68. The molecule has 3 aromatic heterocycles. The second kappa shape index (κ2) is 8.11. The first kappa shape index (κ1) is 19.1. The first-order chi connectivity index (χ1) is 14.7. The average Bonchev–Trinajstić information content (AvgIpc) is 3.23. The summed E-state index contributed by atoms with van der Waals surface area (Å²) in [5.74, 6) is 1.41. The highest BCUT2D eigenvalue weighted by Crippen LogP contribution is 2.29.